The van der Waals surface area contributed by atoms with Crippen LogP contribution in [0.2, 0.25) is 0 Å². The van der Waals surface area contributed by atoms with Gasteiger partial charge in [-0.3, -0.25) is 4.98 Å². The van der Waals surface area contributed by atoms with Gasteiger partial charge in [-0.15, -0.1) is 0 Å². The molecular formula is C19H27N5. The topological polar surface area (TPSA) is 52.6 Å². The predicted molar refractivity (Wildman–Crippen MR) is 99.7 cm³/mol. The van der Waals surface area contributed by atoms with Crippen molar-refractivity contribution in [2.75, 3.05) is 20.6 Å². The summed E-state index contributed by atoms with van der Waals surface area (Å²) < 4.78 is 0. The van der Waals surface area contributed by atoms with Crippen molar-refractivity contribution in [1.29, 1.82) is 0 Å². The normalized spacial score (nSPS) is 11.6. The third-order valence-electron chi connectivity index (χ3n) is 3.42. The molecule has 128 valence electrons. The molecular weight excluding hydrogens is 298 g/mol. The van der Waals surface area contributed by atoms with Gasteiger partial charge in [0.25, 0.3) is 0 Å². The second-order valence-corrected chi connectivity index (χ2v) is 5.93. The maximum atomic E-state index is 4.67. The number of rotatable bonds is 7. The fraction of sp³-hybridized carbons (Fsp3) is 0.368. The number of hydrogen-bond donors (Lipinski definition) is 2. The molecule has 1 aromatic carbocycles. The minimum atomic E-state index is 0.652. The maximum absolute atomic E-state index is 4.67. The molecule has 0 radical (unpaired) electrons. The van der Waals surface area contributed by atoms with Crippen LogP contribution in [0, 0.1) is 0 Å². The highest BCUT2D eigenvalue weighted by Gasteiger charge is 2.01. The third-order valence-corrected chi connectivity index (χ3v) is 3.42. The van der Waals surface area contributed by atoms with Crippen LogP contribution in [0.25, 0.3) is 0 Å². The summed E-state index contributed by atoms with van der Waals surface area (Å²) in [6.45, 7) is 5.14. The van der Waals surface area contributed by atoms with Crippen molar-refractivity contribution in [3.05, 3.63) is 65.5 Å². The second kappa shape index (κ2) is 9.67. The first-order valence-corrected chi connectivity index (χ1v) is 8.32. The lowest BCUT2D eigenvalue weighted by Gasteiger charge is -2.12. The lowest BCUT2D eigenvalue weighted by Crippen LogP contribution is -2.37. The van der Waals surface area contributed by atoms with E-state index in [9.17, 15) is 0 Å². The highest BCUT2D eigenvalue weighted by molar-refractivity contribution is 5.79. The average Bonchev–Trinajstić information content (AvgIpc) is 2.58. The molecule has 1 heterocycles. The van der Waals surface area contributed by atoms with Crippen LogP contribution < -0.4 is 10.6 Å². The van der Waals surface area contributed by atoms with Crippen molar-refractivity contribution < 1.29 is 0 Å². The zero-order chi connectivity index (χ0) is 17.2. The number of benzene rings is 1. The van der Waals surface area contributed by atoms with Gasteiger partial charge in [-0.1, -0.05) is 30.3 Å². The third kappa shape index (κ3) is 6.38. The molecule has 0 spiro atoms. The Morgan fingerprint density at radius 3 is 2.62 bits per heavy atom. The van der Waals surface area contributed by atoms with Crippen LogP contribution in [-0.2, 0) is 19.6 Å². The van der Waals surface area contributed by atoms with Crippen molar-refractivity contribution >= 4 is 5.96 Å². The van der Waals surface area contributed by atoms with Gasteiger partial charge in [0.1, 0.15) is 0 Å². The molecule has 2 aromatic rings. The molecule has 1 aromatic heterocycles. The molecule has 0 amide bonds. The van der Waals surface area contributed by atoms with Crippen LogP contribution in [0.15, 0.2) is 53.7 Å². The van der Waals surface area contributed by atoms with E-state index in [1.54, 1.807) is 6.20 Å². The van der Waals surface area contributed by atoms with E-state index < -0.39 is 0 Å². The molecule has 0 saturated heterocycles. The van der Waals surface area contributed by atoms with Gasteiger partial charge in [0.2, 0.25) is 0 Å². The minimum absolute atomic E-state index is 0.652. The summed E-state index contributed by atoms with van der Waals surface area (Å²) in [5.41, 5.74) is 3.51. The van der Waals surface area contributed by atoms with Crippen LogP contribution in [0.1, 0.15) is 23.7 Å². The summed E-state index contributed by atoms with van der Waals surface area (Å²) in [6, 6.07) is 14.5. The maximum Gasteiger partial charge on any atom is 0.191 e. The van der Waals surface area contributed by atoms with Gasteiger partial charge in [-0.25, -0.2) is 4.99 Å². The molecule has 2 N–H and O–H groups in total. The Bertz CT molecular complexity index is 637. The van der Waals surface area contributed by atoms with Gasteiger partial charge in [-0.2, -0.15) is 0 Å². The van der Waals surface area contributed by atoms with Crippen LogP contribution in [0.4, 0.5) is 0 Å². The Morgan fingerprint density at radius 2 is 1.92 bits per heavy atom. The number of pyridine rings is 1. The van der Waals surface area contributed by atoms with Crippen molar-refractivity contribution in [1.82, 2.24) is 20.5 Å². The molecule has 0 bridgehead atoms. The number of nitrogens with zero attached hydrogens (tertiary/aromatic N) is 3. The number of hydrogen-bond acceptors (Lipinski definition) is 3. The molecule has 0 unspecified atom stereocenters. The standard InChI is InChI=1S/C19H27N5/c1-4-20-19(23-14-18-10-5-6-11-21-18)22-13-16-8-7-9-17(12-16)15-24(2)3/h5-12H,4,13-15H2,1-3H3,(H2,20,22,23). The largest absolute Gasteiger partial charge is 0.357 e. The van der Waals surface area contributed by atoms with E-state index in [4.69, 9.17) is 0 Å². The van der Waals surface area contributed by atoms with Crippen molar-refractivity contribution in [3.63, 3.8) is 0 Å². The van der Waals surface area contributed by atoms with E-state index in [-0.39, 0.29) is 0 Å². The molecule has 0 fully saturated rings. The van der Waals surface area contributed by atoms with Crippen LogP contribution in [0.5, 0.6) is 0 Å². The van der Waals surface area contributed by atoms with Crippen molar-refractivity contribution in [2.24, 2.45) is 4.99 Å². The monoisotopic (exact) mass is 325 g/mol. The minimum Gasteiger partial charge on any atom is -0.357 e. The van der Waals surface area contributed by atoms with E-state index in [1.807, 2.05) is 18.2 Å². The van der Waals surface area contributed by atoms with Crippen molar-refractivity contribution in [3.8, 4) is 0 Å². The molecule has 5 heteroatoms. The van der Waals surface area contributed by atoms with Gasteiger partial charge >= 0.3 is 0 Å². The first-order chi connectivity index (χ1) is 11.7. The highest BCUT2D eigenvalue weighted by atomic mass is 15.2. The summed E-state index contributed by atoms with van der Waals surface area (Å²) in [5, 5.41) is 6.60. The average molecular weight is 325 g/mol. The van der Waals surface area contributed by atoms with Gasteiger partial charge in [0.05, 0.1) is 18.8 Å². The molecule has 0 aliphatic rings. The number of aliphatic imine (C=N–C) groups is 1. The Labute approximate surface area is 144 Å². The summed E-state index contributed by atoms with van der Waals surface area (Å²) in [7, 11) is 4.16. The Hall–Kier alpha value is -2.40. The lowest BCUT2D eigenvalue weighted by atomic mass is 10.1. The van der Waals surface area contributed by atoms with Gasteiger partial charge in [-0.05, 0) is 44.3 Å². The zero-order valence-electron chi connectivity index (χ0n) is 14.8. The quantitative estimate of drug-likeness (QED) is 0.606. The molecule has 5 nitrogen and oxygen atoms in total. The molecule has 0 atom stereocenters. The summed E-state index contributed by atoms with van der Waals surface area (Å²) in [5.74, 6) is 0.807. The predicted octanol–water partition coefficient (Wildman–Crippen LogP) is 2.40. The van der Waals surface area contributed by atoms with Gasteiger partial charge < -0.3 is 15.5 Å². The summed E-state index contributed by atoms with van der Waals surface area (Å²) in [4.78, 5) is 11.2. The molecule has 0 saturated carbocycles. The van der Waals surface area contributed by atoms with E-state index in [1.165, 1.54) is 11.1 Å². The SMILES string of the molecule is CCNC(=NCc1cccc(CN(C)C)c1)NCc1ccccn1. The smallest absolute Gasteiger partial charge is 0.191 e. The first-order valence-electron chi connectivity index (χ1n) is 8.32. The fourth-order valence-corrected chi connectivity index (χ4v) is 2.38. The van der Waals surface area contributed by atoms with E-state index in [2.05, 4.69) is 70.8 Å². The number of guanidine groups is 1. The second-order valence-electron chi connectivity index (χ2n) is 5.93. The Kier molecular flexibility index (Phi) is 7.23. The fourth-order valence-electron chi connectivity index (χ4n) is 2.38. The Morgan fingerprint density at radius 1 is 1.08 bits per heavy atom. The molecule has 2 rings (SSSR count). The van der Waals surface area contributed by atoms with E-state index in [0.717, 1.165) is 24.7 Å². The lowest BCUT2D eigenvalue weighted by molar-refractivity contribution is 0.402. The van der Waals surface area contributed by atoms with E-state index in [0.29, 0.717) is 13.1 Å². The van der Waals surface area contributed by atoms with E-state index >= 15 is 0 Å². The highest BCUT2D eigenvalue weighted by Crippen LogP contribution is 2.08. The first kappa shape index (κ1) is 17.9. The van der Waals surface area contributed by atoms with Gasteiger partial charge in [0, 0.05) is 19.3 Å². The van der Waals surface area contributed by atoms with Crippen LogP contribution in [-0.4, -0.2) is 36.5 Å². The van der Waals surface area contributed by atoms with Crippen LogP contribution in [0.3, 0.4) is 0 Å². The Balaban J connectivity index is 1.97. The van der Waals surface area contributed by atoms with Crippen LogP contribution >= 0.6 is 0 Å². The zero-order valence-corrected chi connectivity index (χ0v) is 14.8. The number of nitrogens with one attached hydrogen (secondary N) is 2. The summed E-state index contributed by atoms with van der Waals surface area (Å²) >= 11 is 0. The molecule has 24 heavy (non-hydrogen) atoms. The molecule has 0 aliphatic heterocycles. The van der Waals surface area contributed by atoms with Crippen molar-refractivity contribution in [2.45, 2.75) is 26.6 Å². The number of aromatic nitrogens is 1. The molecule has 0 aliphatic carbocycles. The van der Waals surface area contributed by atoms with Gasteiger partial charge in [0.15, 0.2) is 5.96 Å². The summed E-state index contributed by atoms with van der Waals surface area (Å²) in [6.07, 6.45) is 1.80.